The Labute approximate surface area is 103 Å². The predicted octanol–water partition coefficient (Wildman–Crippen LogP) is 1.77. The molecule has 0 aromatic carbocycles. The second-order valence-corrected chi connectivity index (χ2v) is 4.83. The summed E-state index contributed by atoms with van der Waals surface area (Å²) in [5.41, 5.74) is -0.343. The van der Waals surface area contributed by atoms with Crippen LogP contribution in [0.5, 0.6) is 0 Å². The number of imidazole rings is 1. The first-order valence-corrected chi connectivity index (χ1v) is 6.45. The number of aryl methyl sites for hydroxylation is 1. The quantitative estimate of drug-likeness (QED) is 0.850. The number of hydrogen-bond donors (Lipinski definition) is 1. The van der Waals surface area contributed by atoms with E-state index in [4.69, 9.17) is 4.74 Å². The average molecular weight is 238 g/mol. The van der Waals surface area contributed by atoms with Gasteiger partial charge in [0.25, 0.3) is 0 Å². The molecule has 0 bridgehead atoms. The monoisotopic (exact) mass is 238 g/mol. The first-order chi connectivity index (χ1) is 8.22. The highest BCUT2D eigenvalue weighted by molar-refractivity contribution is 5.01. The summed E-state index contributed by atoms with van der Waals surface area (Å²) in [7, 11) is 1.71. The zero-order chi connectivity index (χ0) is 12.3. The summed E-state index contributed by atoms with van der Waals surface area (Å²) in [6.45, 7) is 2.97. The Balaban J connectivity index is 2.07. The topological polar surface area (TPSA) is 47.3 Å². The van der Waals surface area contributed by atoms with Crippen LogP contribution >= 0.6 is 0 Å². The van der Waals surface area contributed by atoms with E-state index >= 15 is 0 Å². The Morgan fingerprint density at radius 1 is 1.53 bits per heavy atom. The van der Waals surface area contributed by atoms with Gasteiger partial charge in [-0.1, -0.05) is 12.8 Å². The highest BCUT2D eigenvalue weighted by Crippen LogP contribution is 2.36. The lowest BCUT2D eigenvalue weighted by Crippen LogP contribution is -2.43. The SMILES string of the molecule is CCn1ccnc1CC(O)C1(OC)CCCC1. The van der Waals surface area contributed by atoms with Gasteiger partial charge in [-0.3, -0.25) is 0 Å². The zero-order valence-electron chi connectivity index (χ0n) is 10.7. The van der Waals surface area contributed by atoms with Crippen molar-refractivity contribution in [3.8, 4) is 0 Å². The van der Waals surface area contributed by atoms with E-state index in [1.807, 2.05) is 6.20 Å². The Morgan fingerprint density at radius 2 is 2.24 bits per heavy atom. The standard InChI is InChI=1S/C13H22N2O2/c1-3-15-9-8-14-12(15)10-11(16)13(17-2)6-4-5-7-13/h8-9,11,16H,3-7,10H2,1-2H3. The van der Waals surface area contributed by atoms with Gasteiger partial charge in [0.2, 0.25) is 0 Å². The molecule has 2 rings (SSSR count). The maximum atomic E-state index is 10.4. The summed E-state index contributed by atoms with van der Waals surface area (Å²) in [4.78, 5) is 4.31. The number of nitrogens with zero attached hydrogens (tertiary/aromatic N) is 2. The number of rotatable bonds is 5. The van der Waals surface area contributed by atoms with Crippen LogP contribution in [0.1, 0.15) is 38.4 Å². The molecule has 96 valence electrons. The first-order valence-electron chi connectivity index (χ1n) is 6.45. The normalized spacial score (nSPS) is 20.6. The largest absolute Gasteiger partial charge is 0.390 e. The fraction of sp³-hybridized carbons (Fsp3) is 0.769. The molecule has 0 amide bonds. The Morgan fingerprint density at radius 3 is 2.82 bits per heavy atom. The molecule has 1 aliphatic carbocycles. The van der Waals surface area contributed by atoms with Crippen molar-refractivity contribution in [1.82, 2.24) is 9.55 Å². The van der Waals surface area contributed by atoms with Crippen molar-refractivity contribution in [2.45, 2.75) is 57.3 Å². The number of aromatic nitrogens is 2. The molecule has 1 atom stereocenters. The molecular formula is C13H22N2O2. The van der Waals surface area contributed by atoms with Gasteiger partial charge in [-0.15, -0.1) is 0 Å². The lowest BCUT2D eigenvalue weighted by molar-refractivity contribution is -0.0979. The molecule has 1 heterocycles. The number of methoxy groups -OCH3 is 1. The molecule has 1 fully saturated rings. The van der Waals surface area contributed by atoms with Crippen LogP contribution in [0.15, 0.2) is 12.4 Å². The molecule has 1 unspecified atom stereocenters. The van der Waals surface area contributed by atoms with Gasteiger partial charge in [-0.05, 0) is 19.8 Å². The second kappa shape index (κ2) is 5.19. The second-order valence-electron chi connectivity index (χ2n) is 4.83. The molecule has 1 saturated carbocycles. The van der Waals surface area contributed by atoms with Gasteiger partial charge in [-0.2, -0.15) is 0 Å². The van der Waals surface area contributed by atoms with Gasteiger partial charge in [0.15, 0.2) is 0 Å². The summed E-state index contributed by atoms with van der Waals surface area (Å²) in [5.74, 6) is 0.948. The van der Waals surface area contributed by atoms with Gasteiger partial charge in [-0.25, -0.2) is 4.98 Å². The van der Waals surface area contributed by atoms with E-state index in [-0.39, 0.29) is 5.60 Å². The summed E-state index contributed by atoms with van der Waals surface area (Å²) >= 11 is 0. The maximum Gasteiger partial charge on any atom is 0.111 e. The van der Waals surface area contributed by atoms with E-state index in [1.165, 1.54) is 0 Å². The smallest absolute Gasteiger partial charge is 0.111 e. The molecule has 1 N–H and O–H groups in total. The lowest BCUT2D eigenvalue weighted by Gasteiger charge is -2.32. The third kappa shape index (κ3) is 2.38. The Kier molecular flexibility index (Phi) is 3.84. The molecule has 1 aromatic rings. The van der Waals surface area contributed by atoms with Crippen molar-refractivity contribution in [2.24, 2.45) is 0 Å². The Hall–Kier alpha value is -0.870. The zero-order valence-corrected chi connectivity index (χ0v) is 10.7. The fourth-order valence-electron chi connectivity index (χ4n) is 2.82. The van der Waals surface area contributed by atoms with Crippen LogP contribution in [-0.4, -0.2) is 33.5 Å². The van der Waals surface area contributed by atoms with Crippen LogP contribution in [0.2, 0.25) is 0 Å². The van der Waals surface area contributed by atoms with Crippen molar-refractivity contribution >= 4 is 0 Å². The number of hydrogen-bond acceptors (Lipinski definition) is 3. The average Bonchev–Trinajstić information content (AvgIpc) is 2.97. The maximum absolute atomic E-state index is 10.4. The molecule has 0 aliphatic heterocycles. The van der Waals surface area contributed by atoms with E-state index in [1.54, 1.807) is 13.3 Å². The van der Waals surface area contributed by atoms with Gasteiger partial charge in [0.1, 0.15) is 5.82 Å². The van der Waals surface area contributed by atoms with E-state index in [0.717, 1.165) is 38.1 Å². The van der Waals surface area contributed by atoms with Crippen LogP contribution < -0.4 is 0 Å². The first kappa shape index (κ1) is 12.6. The van der Waals surface area contributed by atoms with Crippen molar-refractivity contribution in [1.29, 1.82) is 0 Å². The van der Waals surface area contributed by atoms with Crippen LogP contribution in [0.25, 0.3) is 0 Å². The van der Waals surface area contributed by atoms with Crippen molar-refractivity contribution < 1.29 is 9.84 Å². The Bertz CT molecular complexity index is 356. The van der Waals surface area contributed by atoms with Gasteiger partial charge in [0.05, 0.1) is 11.7 Å². The molecule has 0 spiro atoms. The van der Waals surface area contributed by atoms with Gasteiger partial charge in [0, 0.05) is 32.5 Å². The van der Waals surface area contributed by atoms with Crippen LogP contribution in [0.4, 0.5) is 0 Å². The molecule has 1 aliphatic rings. The molecule has 0 radical (unpaired) electrons. The van der Waals surface area contributed by atoms with Gasteiger partial charge >= 0.3 is 0 Å². The van der Waals surface area contributed by atoms with Crippen molar-refractivity contribution in [2.75, 3.05) is 7.11 Å². The van der Waals surface area contributed by atoms with E-state index in [2.05, 4.69) is 16.5 Å². The summed E-state index contributed by atoms with van der Waals surface area (Å²) in [6.07, 6.45) is 8.07. The molecule has 4 nitrogen and oxygen atoms in total. The third-order valence-corrected chi connectivity index (χ3v) is 3.98. The highest BCUT2D eigenvalue weighted by Gasteiger charge is 2.41. The van der Waals surface area contributed by atoms with E-state index in [0.29, 0.717) is 6.42 Å². The minimum absolute atomic E-state index is 0.343. The van der Waals surface area contributed by atoms with Gasteiger partial charge < -0.3 is 14.4 Å². The molecule has 4 heteroatoms. The molecular weight excluding hydrogens is 216 g/mol. The minimum atomic E-state index is -0.456. The molecule has 0 saturated heterocycles. The molecule has 1 aromatic heterocycles. The third-order valence-electron chi connectivity index (χ3n) is 3.98. The highest BCUT2D eigenvalue weighted by atomic mass is 16.5. The van der Waals surface area contributed by atoms with Crippen LogP contribution in [-0.2, 0) is 17.7 Å². The van der Waals surface area contributed by atoms with Crippen LogP contribution in [0.3, 0.4) is 0 Å². The van der Waals surface area contributed by atoms with Crippen molar-refractivity contribution in [3.05, 3.63) is 18.2 Å². The van der Waals surface area contributed by atoms with Crippen LogP contribution in [0, 0.1) is 0 Å². The fourth-order valence-corrected chi connectivity index (χ4v) is 2.82. The lowest BCUT2D eigenvalue weighted by atomic mass is 9.92. The summed E-state index contributed by atoms with van der Waals surface area (Å²) < 4.78 is 7.67. The molecule has 17 heavy (non-hydrogen) atoms. The minimum Gasteiger partial charge on any atom is -0.390 e. The summed E-state index contributed by atoms with van der Waals surface area (Å²) in [5, 5.41) is 10.4. The number of aliphatic hydroxyl groups is 1. The van der Waals surface area contributed by atoms with Crippen molar-refractivity contribution in [3.63, 3.8) is 0 Å². The van der Waals surface area contributed by atoms with E-state index in [9.17, 15) is 5.11 Å². The number of aliphatic hydroxyl groups excluding tert-OH is 1. The van der Waals surface area contributed by atoms with E-state index < -0.39 is 6.10 Å². The number of ether oxygens (including phenoxy) is 1. The predicted molar refractivity (Wildman–Crippen MR) is 65.8 cm³/mol. The summed E-state index contributed by atoms with van der Waals surface area (Å²) in [6, 6.07) is 0.